The fraction of sp³-hybridized carbons (Fsp3) is 0.312. The standard InChI is InChI=1S/C16H18N4O2/c21-14(20-13-5-1-2-8-18-16(13)22)7-6-11-10-19-15-12(11)4-3-9-17-15/h3-4,6-7,9-10,13H,1-2,5,8H2,(H,17,19)(H,18,22)(H,20,21)/b7-6+/t13-/m0/s1. The number of hydrogen-bond acceptors (Lipinski definition) is 3. The summed E-state index contributed by atoms with van der Waals surface area (Å²) in [5.41, 5.74) is 1.68. The second kappa shape index (κ2) is 6.43. The van der Waals surface area contributed by atoms with Crippen molar-refractivity contribution < 1.29 is 9.59 Å². The van der Waals surface area contributed by atoms with Gasteiger partial charge in [0.15, 0.2) is 0 Å². The van der Waals surface area contributed by atoms with Gasteiger partial charge in [-0.15, -0.1) is 0 Å². The van der Waals surface area contributed by atoms with Crippen LogP contribution in [0.1, 0.15) is 24.8 Å². The molecule has 6 heteroatoms. The highest BCUT2D eigenvalue weighted by Crippen LogP contribution is 2.16. The molecule has 0 spiro atoms. The number of nitrogens with one attached hydrogen (secondary N) is 3. The third-order valence-corrected chi connectivity index (χ3v) is 3.75. The van der Waals surface area contributed by atoms with Crippen molar-refractivity contribution in [2.45, 2.75) is 25.3 Å². The highest BCUT2D eigenvalue weighted by molar-refractivity contribution is 5.97. The number of pyridine rings is 1. The van der Waals surface area contributed by atoms with Gasteiger partial charge in [-0.05, 0) is 37.5 Å². The van der Waals surface area contributed by atoms with Crippen LogP contribution in [0, 0.1) is 0 Å². The van der Waals surface area contributed by atoms with Crippen LogP contribution in [-0.4, -0.2) is 34.4 Å². The molecule has 0 radical (unpaired) electrons. The van der Waals surface area contributed by atoms with Crippen molar-refractivity contribution >= 4 is 28.9 Å². The molecule has 2 aromatic heterocycles. The summed E-state index contributed by atoms with van der Waals surface area (Å²) in [6.07, 6.45) is 9.27. The highest BCUT2D eigenvalue weighted by atomic mass is 16.2. The Morgan fingerprint density at radius 2 is 2.32 bits per heavy atom. The SMILES string of the molecule is O=C(/C=C/c1c[nH]c2ncccc12)N[C@H]1CCCCNC1=O. The second-order valence-electron chi connectivity index (χ2n) is 5.32. The molecule has 22 heavy (non-hydrogen) atoms. The minimum Gasteiger partial charge on any atom is -0.354 e. The Bertz CT molecular complexity index is 720. The smallest absolute Gasteiger partial charge is 0.244 e. The molecule has 0 saturated carbocycles. The normalized spacial score (nSPS) is 19.1. The summed E-state index contributed by atoms with van der Waals surface area (Å²) in [7, 11) is 0. The van der Waals surface area contributed by atoms with E-state index in [2.05, 4.69) is 20.6 Å². The van der Waals surface area contributed by atoms with Crippen LogP contribution < -0.4 is 10.6 Å². The molecule has 3 N–H and O–H groups in total. The summed E-state index contributed by atoms with van der Waals surface area (Å²) in [4.78, 5) is 31.0. The maximum absolute atomic E-state index is 12.0. The molecule has 0 aromatic carbocycles. The lowest BCUT2D eigenvalue weighted by atomic mass is 10.1. The first kappa shape index (κ1) is 14.3. The third-order valence-electron chi connectivity index (χ3n) is 3.75. The van der Waals surface area contributed by atoms with E-state index in [4.69, 9.17) is 0 Å². The molecule has 3 rings (SSSR count). The van der Waals surface area contributed by atoms with Gasteiger partial charge in [-0.2, -0.15) is 0 Å². The maximum atomic E-state index is 12.0. The zero-order chi connectivity index (χ0) is 15.4. The van der Waals surface area contributed by atoms with Crippen molar-refractivity contribution in [1.29, 1.82) is 0 Å². The number of aromatic nitrogens is 2. The summed E-state index contributed by atoms with van der Waals surface area (Å²) in [5, 5.41) is 6.52. The van der Waals surface area contributed by atoms with E-state index in [0.29, 0.717) is 13.0 Å². The molecule has 2 amide bonds. The van der Waals surface area contributed by atoms with Crippen LogP contribution >= 0.6 is 0 Å². The van der Waals surface area contributed by atoms with Crippen LogP contribution in [0.5, 0.6) is 0 Å². The molecule has 1 fully saturated rings. The van der Waals surface area contributed by atoms with E-state index in [-0.39, 0.29) is 11.8 Å². The van der Waals surface area contributed by atoms with Gasteiger partial charge in [-0.25, -0.2) is 4.98 Å². The molecule has 1 aliphatic heterocycles. The number of H-pyrrole nitrogens is 1. The molecule has 0 bridgehead atoms. The average Bonchev–Trinajstić information content (AvgIpc) is 2.84. The number of rotatable bonds is 3. The predicted octanol–water partition coefficient (Wildman–Crippen LogP) is 1.36. The number of hydrogen-bond donors (Lipinski definition) is 3. The van der Waals surface area contributed by atoms with Crippen molar-refractivity contribution in [3.8, 4) is 0 Å². The van der Waals surface area contributed by atoms with E-state index < -0.39 is 6.04 Å². The lowest BCUT2D eigenvalue weighted by Crippen LogP contribution is -2.44. The molecule has 1 aliphatic rings. The van der Waals surface area contributed by atoms with Gasteiger partial charge in [0.05, 0.1) is 0 Å². The Balaban J connectivity index is 1.67. The Kier molecular flexibility index (Phi) is 4.18. The van der Waals surface area contributed by atoms with Gasteiger partial charge in [0.25, 0.3) is 0 Å². The Morgan fingerprint density at radius 3 is 3.23 bits per heavy atom. The number of amides is 2. The van der Waals surface area contributed by atoms with Gasteiger partial charge >= 0.3 is 0 Å². The summed E-state index contributed by atoms with van der Waals surface area (Å²) < 4.78 is 0. The summed E-state index contributed by atoms with van der Waals surface area (Å²) in [6, 6.07) is 3.35. The minimum atomic E-state index is -0.440. The van der Waals surface area contributed by atoms with E-state index in [1.807, 2.05) is 12.1 Å². The number of carbonyl (C=O) groups is 2. The summed E-state index contributed by atoms with van der Waals surface area (Å²) in [5.74, 6) is -0.365. The van der Waals surface area contributed by atoms with E-state index in [0.717, 1.165) is 29.4 Å². The van der Waals surface area contributed by atoms with Gasteiger partial charge in [-0.3, -0.25) is 9.59 Å². The molecule has 114 valence electrons. The Morgan fingerprint density at radius 1 is 1.41 bits per heavy atom. The van der Waals surface area contributed by atoms with Gasteiger partial charge in [0.1, 0.15) is 11.7 Å². The maximum Gasteiger partial charge on any atom is 0.244 e. The van der Waals surface area contributed by atoms with Crippen molar-refractivity contribution in [3.05, 3.63) is 36.2 Å². The number of nitrogens with zero attached hydrogens (tertiary/aromatic N) is 1. The van der Waals surface area contributed by atoms with Crippen LogP contribution in [0.15, 0.2) is 30.6 Å². The lowest BCUT2D eigenvalue weighted by Gasteiger charge is -2.13. The van der Waals surface area contributed by atoms with Crippen molar-refractivity contribution in [3.63, 3.8) is 0 Å². The zero-order valence-corrected chi connectivity index (χ0v) is 12.1. The van der Waals surface area contributed by atoms with Crippen LogP contribution in [0.25, 0.3) is 17.1 Å². The fourth-order valence-corrected chi connectivity index (χ4v) is 2.58. The summed E-state index contributed by atoms with van der Waals surface area (Å²) >= 11 is 0. The highest BCUT2D eigenvalue weighted by Gasteiger charge is 2.21. The molecule has 0 aliphatic carbocycles. The van der Waals surface area contributed by atoms with Crippen LogP contribution in [0.2, 0.25) is 0 Å². The van der Waals surface area contributed by atoms with E-state index in [9.17, 15) is 9.59 Å². The van der Waals surface area contributed by atoms with Gasteiger partial charge in [-0.1, -0.05) is 0 Å². The molecular weight excluding hydrogens is 280 g/mol. The van der Waals surface area contributed by atoms with Gasteiger partial charge < -0.3 is 15.6 Å². The number of aromatic amines is 1. The van der Waals surface area contributed by atoms with Gasteiger partial charge in [0.2, 0.25) is 11.8 Å². The minimum absolute atomic E-state index is 0.101. The zero-order valence-electron chi connectivity index (χ0n) is 12.1. The first-order valence-corrected chi connectivity index (χ1v) is 7.42. The monoisotopic (exact) mass is 298 g/mol. The van der Waals surface area contributed by atoms with Crippen LogP contribution in [0.3, 0.4) is 0 Å². The molecule has 1 atom stereocenters. The quantitative estimate of drug-likeness (QED) is 0.748. The van der Waals surface area contributed by atoms with Crippen molar-refractivity contribution in [2.24, 2.45) is 0 Å². The first-order valence-electron chi connectivity index (χ1n) is 7.42. The second-order valence-corrected chi connectivity index (χ2v) is 5.32. The number of carbonyl (C=O) groups excluding carboxylic acids is 2. The largest absolute Gasteiger partial charge is 0.354 e. The molecule has 1 saturated heterocycles. The molecule has 6 nitrogen and oxygen atoms in total. The van der Waals surface area contributed by atoms with Gasteiger partial charge in [0, 0.05) is 36.0 Å². The molecule has 3 heterocycles. The topological polar surface area (TPSA) is 86.9 Å². The molecule has 0 unspecified atom stereocenters. The first-order chi connectivity index (χ1) is 10.7. The third kappa shape index (κ3) is 3.16. The predicted molar refractivity (Wildman–Crippen MR) is 83.9 cm³/mol. The van der Waals surface area contributed by atoms with Crippen LogP contribution in [0.4, 0.5) is 0 Å². The summed E-state index contributed by atoms with van der Waals surface area (Å²) in [6.45, 7) is 0.684. The van der Waals surface area contributed by atoms with Crippen molar-refractivity contribution in [2.75, 3.05) is 6.54 Å². The van der Waals surface area contributed by atoms with E-state index in [1.165, 1.54) is 6.08 Å². The average molecular weight is 298 g/mol. The lowest BCUT2D eigenvalue weighted by molar-refractivity contribution is -0.126. The molecule has 2 aromatic rings. The van der Waals surface area contributed by atoms with E-state index >= 15 is 0 Å². The fourth-order valence-electron chi connectivity index (χ4n) is 2.58. The Labute approximate surface area is 128 Å². The van der Waals surface area contributed by atoms with Crippen molar-refractivity contribution in [1.82, 2.24) is 20.6 Å². The number of fused-ring (bicyclic) bond motifs is 1. The Hall–Kier alpha value is -2.63. The molecular formula is C16H18N4O2. The van der Waals surface area contributed by atoms with E-state index in [1.54, 1.807) is 18.5 Å². The van der Waals surface area contributed by atoms with Crippen LogP contribution in [-0.2, 0) is 9.59 Å².